The maximum Gasteiger partial charge on any atom is 0.243 e. The van der Waals surface area contributed by atoms with E-state index in [9.17, 15) is 12.8 Å². The SMILES string of the molecule is Cc1cc(F)c(S(=O)(=O)NCC2CCCOC2)cc1N. The second-order valence-corrected chi connectivity index (χ2v) is 6.81. The predicted molar refractivity (Wildman–Crippen MR) is 74.3 cm³/mol. The van der Waals surface area contributed by atoms with Crippen molar-refractivity contribution in [1.82, 2.24) is 4.72 Å². The van der Waals surface area contributed by atoms with Gasteiger partial charge in [-0.2, -0.15) is 0 Å². The molecule has 0 amide bonds. The number of aryl methyl sites for hydroxylation is 1. The Kier molecular flexibility index (Phi) is 4.62. The summed E-state index contributed by atoms with van der Waals surface area (Å²) in [4.78, 5) is -0.405. The van der Waals surface area contributed by atoms with Gasteiger partial charge in [-0.3, -0.25) is 0 Å². The zero-order valence-electron chi connectivity index (χ0n) is 11.4. The average Bonchev–Trinajstić information content (AvgIpc) is 2.42. The number of ether oxygens (including phenoxy) is 1. The van der Waals surface area contributed by atoms with Gasteiger partial charge >= 0.3 is 0 Å². The lowest BCUT2D eigenvalue weighted by atomic mass is 10.0. The number of hydrogen-bond donors (Lipinski definition) is 2. The molecule has 3 N–H and O–H groups in total. The van der Waals surface area contributed by atoms with Gasteiger partial charge in [0, 0.05) is 18.8 Å². The molecule has 112 valence electrons. The van der Waals surface area contributed by atoms with E-state index >= 15 is 0 Å². The van der Waals surface area contributed by atoms with Gasteiger partial charge in [0.05, 0.1) is 6.61 Å². The first-order valence-electron chi connectivity index (χ1n) is 6.53. The highest BCUT2D eigenvalue weighted by Crippen LogP contribution is 2.22. The number of nitrogen functional groups attached to an aromatic ring is 1. The Labute approximate surface area is 118 Å². The fourth-order valence-corrected chi connectivity index (χ4v) is 3.36. The molecule has 0 spiro atoms. The van der Waals surface area contributed by atoms with Gasteiger partial charge in [-0.1, -0.05) is 0 Å². The lowest BCUT2D eigenvalue weighted by molar-refractivity contribution is 0.0568. The first-order chi connectivity index (χ1) is 9.40. The molecule has 7 heteroatoms. The molecule has 0 bridgehead atoms. The van der Waals surface area contributed by atoms with E-state index in [4.69, 9.17) is 10.5 Å². The molecule has 20 heavy (non-hydrogen) atoms. The number of hydrogen-bond acceptors (Lipinski definition) is 4. The summed E-state index contributed by atoms with van der Waals surface area (Å²) in [7, 11) is -3.89. The Morgan fingerprint density at radius 3 is 2.90 bits per heavy atom. The molecular formula is C13H19FN2O3S. The topological polar surface area (TPSA) is 81.4 Å². The highest BCUT2D eigenvalue weighted by Gasteiger charge is 2.22. The molecule has 0 saturated carbocycles. The van der Waals surface area contributed by atoms with Crippen LogP contribution >= 0.6 is 0 Å². The molecule has 5 nitrogen and oxygen atoms in total. The van der Waals surface area contributed by atoms with Crippen LogP contribution in [0, 0.1) is 18.7 Å². The molecule has 1 unspecified atom stereocenters. The summed E-state index contributed by atoms with van der Waals surface area (Å²) in [6.07, 6.45) is 1.82. The molecule has 1 aliphatic rings. The Balaban J connectivity index is 2.11. The van der Waals surface area contributed by atoms with Crippen molar-refractivity contribution in [2.45, 2.75) is 24.7 Å². The van der Waals surface area contributed by atoms with Crippen LogP contribution in [0.5, 0.6) is 0 Å². The van der Waals surface area contributed by atoms with E-state index in [1.54, 1.807) is 6.92 Å². The van der Waals surface area contributed by atoms with Crippen molar-refractivity contribution in [3.05, 3.63) is 23.5 Å². The van der Waals surface area contributed by atoms with Crippen LogP contribution in [0.15, 0.2) is 17.0 Å². The molecule has 0 radical (unpaired) electrons. The molecule has 1 fully saturated rings. The van der Waals surface area contributed by atoms with E-state index in [-0.39, 0.29) is 18.2 Å². The van der Waals surface area contributed by atoms with Crippen molar-refractivity contribution in [3.8, 4) is 0 Å². The molecule has 1 aliphatic heterocycles. The number of nitrogens with two attached hydrogens (primary N) is 1. The third-order valence-corrected chi connectivity index (χ3v) is 4.87. The molecule has 0 aromatic heterocycles. The summed E-state index contributed by atoms with van der Waals surface area (Å²) in [6.45, 7) is 3.12. The van der Waals surface area contributed by atoms with Gasteiger partial charge < -0.3 is 10.5 Å². The second kappa shape index (κ2) is 6.07. The standard InChI is InChI=1S/C13H19FN2O3S/c1-9-5-11(14)13(6-12(9)15)20(17,18)16-7-10-3-2-4-19-8-10/h5-6,10,16H,2-4,7-8,15H2,1H3. The van der Waals surface area contributed by atoms with E-state index < -0.39 is 20.7 Å². The molecule has 1 aromatic rings. The number of rotatable bonds is 4. The highest BCUT2D eigenvalue weighted by atomic mass is 32.2. The van der Waals surface area contributed by atoms with Crippen molar-refractivity contribution in [1.29, 1.82) is 0 Å². The summed E-state index contributed by atoms with van der Waals surface area (Å²) < 4.78 is 45.7. The first-order valence-corrected chi connectivity index (χ1v) is 8.01. The monoisotopic (exact) mass is 302 g/mol. The maximum atomic E-state index is 13.8. The van der Waals surface area contributed by atoms with Gasteiger partial charge in [-0.15, -0.1) is 0 Å². The fourth-order valence-electron chi connectivity index (χ4n) is 2.15. The van der Waals surface area contributed by atoms with Gasteiger partial charge in [0.2, 0.25) is 10.0 Å². The van der Waals surface area contributed by atoms with Crippen molar-refractivity contribution < 1.29 is 17.5 Å². The molecule has 1 aromatic carbocycles. The number of benzene rings is 1. The van der Waals surface area contributed by atoms with E-state index in [0.717, 1.165) is 25.0 Å². The van der Waals surface area contributed by atoms with Gasteiger partial charge in [-0.05, 0) is 43.4 Å². The van der Waals surface area contributed by atoms with Crippen LogP contribution in [-0.2, 0) is 14.8 Å². The van der Waals surface area contributed by atoms with Gasteiger partial charge in [0.1, 0.15) is 10.7 Å². The van der Waals surface area contributed by atoms with E-state index in [0.29, 0.717) is 18.8 Å². The minimum atomic E-state index is -3.89. The van der Waals surface area contributed by atoms with Crippen molar-refractivity contribution in [2.75, 3.05) is 25.5 Å². The molecule has 1 heterocycles. The molecule has 1 atom stereocenters. The van der Waals surface area contributed by atoms with E-state index in [1.807, 2.05) is 0 Å². The van der Waals surface area contributed by atoms with E-state index in [1.165, 1.54) is 0 Å². The maximum absolute atomic E-state index is 13.8. The molecule has 2 rings (SSSR count). The third-order valence-electron chi connectivity index (χ3n) is 3.43. The zero-order valence-corrected chi connectivity index (χ0v) is 12.2. The van der Waals surface area contributed by atoms with Crippen LogP contribution in [0.4, 0.5) is 10.1 Å². The van der Waals surface area contributed by atoms with Crippen LogP contribution in [-0.4, -0.2) is 28.2 Å². The summed E-state index contributed by atoms with van der Waals surface area (Å²) in [6, 6.07) is 2.29. The smallest absolute Gasteiger partial charge is 0.243 e. The number of sulfonamides is 1. The normalized spacial score (nSPS) is 20.0. The van der Waals surface area contributed by atoms with Crippen LogP contribution in [0.2, 0.25) is 0 Å². The Morgan fingerprint density at radius 2 is 2.25 bits per heavy atom. The number of halogens is 1. The summed E-state index contributed by atoms with van der Waals surface area (Å²) >= 11 is 0. The minimum Gasteiger partial charge on any atom is -0.398 e. The molecule has 0 aliphatic carbocycles. The van der Waals surface area contributed by atoms with Crippen LogP contribution < -0.4 is 10.5 Å². The van der Waals surface area contributed by atoms with Gasteiger partial charge in [0.15, 0.2) is 0 Å². The largest absolute Gasteiger partial charge is 0.398 e. The highest BCUT2D eigenvalue weighted by molar-refractivity contribution is 7.89. The van der Waals surface area contributed by atoms with Crippen molar-refractivity contribution in [3.63, 3.8) is 0 Å². The lowest BCUT2D eigenvalue weighted by Crippen LogP contribution is -2.33. The quantitative estimate of drug-likeness (QED) is 0.824. The first kappa shape index (κ1) is 15.2. The Bertz CT molecular complexity index is 584. The summed E-state index contributed by atoms with van der Waals surface area (Å²) in [5, 5.41) is 0. The van der Waals surface area contributed by atoms with Gasteiger partial charge in [0.25, 0.3) is 0 Å². The minimum absolute atomic E-state index is 0.129. The van der Waals surface area contributed by atoms with Crippen molar-refractivity contribution in [2.24, 2.45) is 5.92 Å². The zero-order chi connectivity index (χ0) is 14.8. The van der Waals surface area contributed by atoms with E-state index in [2.05, 4.69) is 4.72 Å². The lowest BCUT2D eigenvalue weighted by Gasteiger charge is -2.22. The summed E-state index contributed by atoms with van der Waals surface area (Å²) in [5.74, 6) is -0.659. The summed E-state index contributed by atoms with van der Waals surface area (Å²) in [5.41, 5.74) is 6.42. The Morgan fingerprint density at radius 1 is 1.50 bits per heavy atom. The molecule has 1 saturated heterocycles. The number of anilines is 1. The average molecular weight is 302 g/mol. The van der Waals surface area contributed by atoms with Crippen LogP contribution in [0.25, 0.3) is 0 Å². The van der Waals surface area contributed by atoms with Crippen LogP contribution in [0.1, 0.15) is 18.4 Å². The molecular weight excluding hydrogens is 283 g/mol. The van der Waals surface area contributed by atoms with Crippen molar-refractivity contribution >= 4 is 15.7 Å². The predicted octanol–water partition coefficient (Wildman–Crippen LogP) is 1.42. The second-order valence-electron chi connectivity index (χ2n) is 5.07. The third kappa shape index (κ3) is 3.47. The Hall–Kier alpha value is -1.18. The number of nitrogens with one attached hydrogen (secondary N) is 1. The fraction of sp³-hybridized carbons (Fsp3) is 0.538. The van der Waals surface area contributed by atoms with Crippen LogP contribution in [0.3, 0.4) is 0 Å². The van der Waals surface area contributed by atoms with Gasteiger partial charge in [-0.25, -0.2) is 17.5 Å².